The van der Waals surface area contributed by atoms with E-state index < -0.39 is 6.10 Å². The topological polar surface area (TPSA) is 23.5 Å². The van der Waals surface area contributed by atoms with Gasteiger partial charge >= 0.3 is 0 Å². The first-order chi connectivity index (χ1) is 8.61. The van der Waals surface area contributed by atoms with E-state index in [1.54, 1.807) is 37.1 Å². The van der Waals surface area contributed by atoms with E-state index >= 15 is 0 Å². The minimum Gasteiger partial charge on any atom is -0.389 e. The van der Waals surface area contributed by atoms with Gasteiger partial charge in [0.25, 0.3) is 0 Å². The van der Waals surface area contributed by atoms with E-state index in [0.29, 0.717) is 5.69 Å². The van der Waals surface area contributed by atoms with Gasteiger partial charge in [-0.05, 0) is 25.1 Å². The van der Waals surface area contributed by atoms with Crippen molar-refractivity contribution in [2.45, 2.75) is 13.0 Å². The van der Waals surface area contributed by atoms with Crippen molar-refractivity contribution in [3.63, 3.8) is 0 Å². The van der Waals surface area contributed by atoms with Crippen molar-refractivity contribution in [1.82, 2.24) is 0 Å². The van der Waals surface area contributed by atoms with Crippen LogP contribution in [-0.2, 0) is 0 Å². The maximum absolute atomic E-state index is 13.8. The molecule has 2 rings (SSSR count). The first kappa shape index (κ1) is 12.6. The summed E-state index contributed by atoms with van der Waals surface area (Å²) in [6.45, 7) is 1.70. The molecular weight excluding hydrogens is 229 g/mol. The van der Waals surface area contributed by atoms with Crippen LogP contribution < -0.4 is 4.90 Å². The lowest BCUT2D eigenvalue weighted by atomic mass is 10.1. The molecule has 0 heterocycles. The van der Waals surface area contributed by atoms with Gasteiger partial charge in [0.15, 0.2) is 0 Å². The SMILES string of the molecule is CC(O)c1ccccc1N(C)c1ccccc1F. The van der Waals surface area contributed by atoms with Crippen LogP contribution in [0.25, 0.3) is 0 Å². The molecule has 0 amide bonds. The molecule has 0 saturated carbocycles. The quantitative estimate of drug-likeness (QED) is 0.892. The molecule has 0 radical (unpaired) electrons. The summed E-state index contributed by atoms with van der Waals surface area (Å²) in [5, 5.41) is 9.75. The predicted molar refractivity (Wildman–Crippen MR) is 71.5 cm³/mol. The van der Waals surface area contributed by atoms with Crippen LogP contribution in [-0.4, -0.2) is 12.2 Å². The van der Waals surface area contributed by atoms with Gasteiger partial charge in [-0.2, -0.15) is 0 Å². The van der Waals surface area contributed by atoms with Gasteiger partial charge in [0.05, 0.1) is 11.8 Å². The molecule has 0 aliphatic carbocycles. The Kier molecular flexibility index (Phi) is 3.63. The highest BCUT2D eigenvalue weighted by atomic mass is 19.1. The van der Waals surface area contributed by atoms with Crippen molar-refractivity contribution in [1.29, 1.82) is 0 Å². The van der Waals surface area contributed by atoms with Gasteiger partial charge in [0.2, 0.25) is 0 Å². The van der Waals surface area contributed by atoms with Crippen molar-refractivity contribution in [3.8, 4) is 0 Å². The van der Waals surface area contributed by atoms with Gasteiger partial charge in [-0.3, -0.25) is 0 Å². The van der Waals surface area contributed by atoms with Crippen LogP contribution in [0.5, 0.6) is 0 Å². The van der Waals surface area contributed by atoms with Gasteiger partial charge in [-0.1, -0.05) is 30.3 Å². The van der Waals surface area contributed by atoms with Crippen LogP contribution in [0.4, 0.5) is 15.8 Å². The van der Waals surface area contributed by atoms with Gasteiger partial charge in [-0.25, -0.2) is 4.39 Å². The largest absolute Gasteiger partial charge is 0.389 e. The smallest absolute Gasteiger partial charge is 0.146 e. The van der Waals surface area contributed by atoms with Crippen molar-refractivity contribution in [2.75, 3.05) is 11.9 Å². The third-order valence-electron chi connectivity index (χ3n) is 2.96. The lowest BCUT2D eigenvalue weighted by Gasteiger charge is -2.24. The molecule has 94 valence electrons. The average Bonchev–Trinajstić information content (AvgIpc) is 2.38. The fourth-order valence-corrected chi connectivity index (χ4v) is 2.00. The van der Waals surface area contributed by atoms with E-state index in [1.807, 2.05) is 24.3 Å². The number of aliphatic hydroxyl groups is 1. The molecule has 2 aromatic rings. The maximum Gasteiger partial charge on any atom is 0.146 e. The first-order valence-corrected chi connectivity index (χ1v) is 5.86. The Balaban J connectivity index is 2.46. The summed E-state index contributed by atoms with van der Waals surface area (Å²) < 4.78 is 13.8. The first-order valence-electron chi connectivity index (χ1n) is 5.86. The summed E-state index contributed by atoms with van der Waals surface area (Å²) in [6, 6.07) is 14.0. The third-order valence-corrected chi connectivity index (χ3v) is 2.96. The van der Waals surface area contributed by atoms with Gasteiger partial charge in [-0.15, -0.1) is 0 Å². The molecule has 1 atom stereocenters. The molecule has 18 heavy (non-hydrogen) atoms. The summed E-state index contributed by atoms with van der Waals surface area (Å²) in [6.07, 6.45) is -0.588. The second kappa shape index (κ2) is 5.19. The minimum absolute atomic E-state index is 0.277. The minimum atomic E-state index is -0.588. The Labute approximate surface area is 106 Å². The van der Waals surface area contributed by atoms with Crippen molar-refractivity contribution in [2.24, 2.45) is 0 Å². The number of aliphatic hydroxyl groups excluding tert-OH is 1. The van der Waals surface area contributed by atoms with Crippen molar-refractivity contribution >= 4 is 11.4 Å². The van der Waals surface area contributed by atoms with E-state index in [9.17, 15) is 9.50 Å². The summed E-state index contributed by atoms with van der Waals surface area (Å²) in [7, 11) is 1.79. The summed E-state index contributed by atoms with van der Waals surface area (Å²) in [5.74, 6) is -0.277. The zero-order valence-corrected chi connectivity index (χ0v) is 10.5. The normalized spacial score (nSPS) is 12.2. The van der Waals surface area contributed by atoms with Crippen LogP contribution in [0.3, 0.4) is 0 Å². The van der Waals surface area contributed by atoms with Crippen LogP contribution in [0.15, 0.2) is 48.5 Å². The molecule has 0 aromatic heterocycles. The second-order valence-electron chi connectivity index (χ2n) is 4.25. The highest BCUT2D eigenvalue weighted by Gasteiger charge is 2.14. The standard InChI is InChI=1S/C15H16FNO/c1-11(18)12-7-3-5-9-14(12)17(2)15-10-6-4-8-13(15)16/h3-11,18H,1-2H3. The molecule has 0 spiro atoms. The Bertz CT molecular complexity index is 540. The van der Waals surface area contributed by atoms with Crippen LogP contribution >= 0.6 is 0 Å². The van der Waals surface area contributed by atoms with E-state index in [-0.39, 0.29) is 5.82 Å². The summed E-state index contributed by atoms with van der Waals surface area (Å²) in [5.41, 5.74) is 2.08. The fraction of sp³-hybridized carbons (Fsp3) is 0.200. The number of hydrogen-bond donors (Lipinski definition) is 1. The fourth-order valence-electron chi connectivity index (χ4n) is 2.00. The molecule has 1 N–H and O–H groups in total. The van der Waals surface area contributed by atoms with Crippen LogP contribution in [0.1, 0.15) is 18.6 Å². The van der Waals surface area contributed by atoms with E-state index in [1.165, 1.54) is 6.07 Å². The average molecular weight is 245 g/mol. The number of benzene rings is 2. The van der Waals surface area contributed by atoms with Gasteiger partial charge < -0.3 is 10.0 Å². The van der Waals surface area contributed by atoms with Crippen LogP contribution in [0, 0.1) is 5.82 Å². The Morgan fingerprint density at radius 1 is 1.00 bits per heavy atom. The number of nitrogens with zero attached hydrogens (tertiary/aromatic N) is 1. The van der Waals surface area contributed by atoms with Crippen LogP contribution in [0.2, 0.25) is 0 Å². The number of hydrogen-bond acceptors (Lipinski definition) is 2. The van der Waals surface area contributed by atoms with Crippen molar-refractivity contribution in [3.05, 3.63) is 59.9 Å². The van der Waals surface area contributed by atoms with E-state index in [0.717, 1.165) is 11.3 Å². The Morgan fingerprint density at radius 2 is 1.56 bits per heavy atom. The molecular formula is C15H16FNO. The zero-order valence-electron chi connectivity index (χ0n) is 10.5. The molecule has 0 aliphatic heterocycles. The number of rotatable bonds is 3. The Morgan fingerprint density at radius 3 is 2.17 bits per heavy atom. The van der Waals surface area contributed by atoms with Gasteiger partial charge in [0, 0.05) is 18.3 Å². The molecule has 0 bridgehead atoms. The maximum atomic E-state index is 13.8. The van der Waals surface area contributed by atoms with E-state index in [4.69, 9.17) is 0 Å². The molecule has 0 saturated heterocycles. The van der Waals surface area contributed by atoms with Gasteiger partial charge in [0.1, 0.15) is 5.82 Å². The highest BCUT2D eigenvalue weighted by molar-refractivity contribution is 5.66. The number of halogens is 1. The van der Waals surface area contributed by atoms with E-state index in [2.05, 4.69) is 0 Å². The Hall–Kier alpha value is -1.87. The summed E-state index contributed by atoms with van der Waals surface area (Å²) >= 11 is 0. The molecule has 0 fully saturated rings. The molecule has 1 unspecified atom stereocenters. The molecule has 2 nitrogen and oxygen atoms in total. The van der Waals surface area contributed by atoms with Crippen molar-refractivity contribution < 1.29 is 9.50 Å². The summed E-state index contributed by atoms with van der Waals surface area (Å²) in [4.78, 5) is 1.75. The molecule has 3 heteroatoms. The highest BCUT2D eigenvalue weighted by Crippen LogP contribution is 2.31. The lowest BCUT2D eigenvalue weighted by molar-refractivity contribution is 0.200. The predicted octanol–water partition coefficient (Wildman–Crippen LogP) is 3.65. The molecule has 0 aliphatic rings. The number of para-hydroxylation sites is 2. The number of anilines is 2. The monoisotopic (exact) mass is 245 g/mol. The zero-order chi connectivity index (χ0) is 13.1. The molecule has 2 aromatic carbocycles. The third kappa shape index (κ3) is 2.36. The second-order valence-corrected chi connectivity index (χ2v) is 4.25. The lowest BCUT2D eigenvalue weighted by Crippen LogP contribution is -2.14.